The number of alkyl halides is 3. The van der Waals surface area contributed by atoms with Crippen LogP contribution in [0.4, 0.5) is 13.2 Å². The van der Waals surface area contributed by atoms with E-state index in [0.717, 1.165) is 30.5 Å². The average Bonchev–Trinajstić information content (AvgIpc) is 2.26. The Morgan fingerprint density at radius 2 is 1.84 bits per heavy atom. The molecule has 0 aromatic heterocycles. The zero-order valence-corrected chi connectivity index (χ0v) is 10.8. The van der Waals surface area contributed by atoms with Crippen molar-refractivity contribution in [1.82, 2.24) is 0 Å². The Morgan fingerprint density at radius 1 is 1.32 bits per heavy atom. The van der Waals surface area contributed by atoms with E-state index in [9.17, 15) is 21.6 Å². The van der Waals surface area contributed by atoms with Crippen LogP contribution in [0.3, 0.4) is 0 Å². The van der Waals surface area contributed by atoms with Gasteiger partial charge in [-0.3, -0.25) is 4.18 Å². The summed E-state index contributed by atoms with van der Waals surface area (Å²) >= 11 is 0. The first kappa shape index (κ1) is 15.5. The zero-order valence-electron chi connectivity index (χ0n) is 9.94. The highest BCUT2D eigenvalue weighted by atomic mass is 32.2. The molecule has 0 bridgehead atoms. The van der Waals surface area contributed by atoms with Crippen LogP contribution in [0.1, 0.15) is 23.7 Å². The van der Waals surface area contributed by atoms with Gasteiger partial charge >= 0.3 is 6.18 Å². The summed E-state index contributed by atoms with van der Waals surface area (Å²) in [6.45, 7) is 0. The second-order valence-electron chi connectivity index (χ2n) is 3.82. The van der Waals surface area contributed by atoms with Gasteiger partial charge in [0.15, 0.2) is 0 Å². The van der Waals surface area contributed by atoms with Gasteiger partial charge in [0, 0.05) is 6.42 Å². The third kappa shape index (κ3) is 4.93. The maximum Gasteiger partial charge on any atom is 0.416 e. The van der Waals surface area contributed by atoms with Gasteiger partial charge in [-0.2, -0.15) is 21.6 Å². The van der Waals surface area contributed by atoms with Crippen molar-refractivity contribution in [2.24, 2.45) is 0 Å². The summed E-state index contributed by atoms with van der Waals surface area (Å²) in [5.41, 5.74) is -0.550. The predicted molar refractivity (Wildman–Crippen MR) is 63.6 cm³/mol. The van der Waals surface area contributed by atoms with E-state index >= 15 is 0 Å². The highest BCUT2D eigenvalue weighted by Crippen LogP contribution is 2.31. The van der Waals surface area contributed by atoms with Gasteiger partial charge in [0.1, 0.15) is 6.10 Å². The summed E-state index contributed by atoms with van der Waals surface area (Å²) in [4.78, 5) is 0. The lowest BCUT2D eigenvalue weighted by atomic mass is 10.0. The van der Waals surface area contributed by atoms with Crippen LogP contribution >= 0.6 is 0 Å². The summed E-state index contributed by atoms with van der Waals surface area (Å²) < 4.78 is 64.0. The van der Waals surface area contributed by atoms with Crippen molar-refractivity contribution in [3.8, 4) is 12.3 Å². The van der Waals surface area contributed by atoms with Crippen LogP contribution in [0, 0.1) is 12.3 Å². The quantitative estimate of drug-likeness (QED) is 0.633. The van der Waals surface area contributed by atoms with Crippen molar-refractivity contribution in [2.75, 3.05) is 6.26 Å². The Morgan fingerprint density at radius 3 is 2.21 bits per heavy atom. The highest BCUT2D eigenvalue weighted by molar-refractivity contribution is 7.86. The van der Waals surface area contributed by atoms with Crippen LogP contribution in [0.5, 0.6) is 0 Å². The number of hydrogen-bond acceptors (Lipinski definition) is 3. The molecule has 1 atom stereocenters. The fourth-order valence-corrected chi connectivity index (χ4v) is 2.01. The summed E-state index contributed by atoms with van der Waals surface area (Å²) in [7, 11) is -3.75. The Balaban J connectivity index is 3.02. The Labute approximate surface area is 109 Å². The molecule has 0 spiro atoms. The number of benzene rings is 1. The molecule has 0 heterocycles. The van der Waals surface area contributed by atoms with Gasteiger partial charge in [0.25, 0.3) is 10.1 Å². The van der Waals surface area contributed by atoms with E-state index < -0.39 is 28.0 Å². The van der Waals surface area contributed by atoms with Crippen molar-refractivity contribution in [2.45, 2.75) is 18.7 Å². The lowest BCUT2D eigenvalue weighted by Gasteiger charge is -2.15. The minimum Gasteiger partial charge on any atom is -0.261 e. The second-order valence-corrected chi connectivity index (χ2v) is 5.42. The maximum absolute atomic E-state index is 12.4. The minimum atomic E-state index is -4.45. The van der Waals surface area contributed by atoms with Crippen LogP contribution < -0.4 is 0 Å². The molecule has 3 nitrogen and oxygen atoms in total. The molecule has 0 fully saturated rings. The molecule has 1 aromatic carbocycles. The van der Waals surface area contributed by atoms with Crippen LogP contribution in [0.2, 0.25) is 0 Å². The van der Waals surface area contributed by atoms with Crippen molar-refractivity contribution in [1.29, 1.82) is 0 Å². The number of halogens is 3. The van der Waals surface area contributed by atoms with E-state index in [-0.39, 0.29) is 12.0 Å². The fourth-order valence-electron chi connectivity index (χ4n) is 1.41. The van der Waals surface area contributed by atoms with Gasteiger partial charge in [-0.1, -0.05) is 12.1 Å². The van der Waals surface area contributed by atoms with Crippen LogP contribution in [0.25, 0.3) is 0 Å². The van der Waals surface area contributed by atoms with Crippen molar-refractivity contribution < 1.29 is 25.8 Å². The number of terminal acetylenes is 1. The van der Waals surface area contributed by atoms with E-state index in [1.807, 2.05) is 0 Å². The molecule has 1 aromatic rings. The van der Waals surface area contributed by atoms with E-state index in [4.69, 9.17) is 10.6 Å². The van der Waals surface area contributed by atoms with E-state index in [0.29, 0.717) is 0 Å². The standard InChI is InChI=1S/C12H11F3O3S/c1-3-4-11(18-19(2,16)17)9-5-7-10(8-6-9)12(13,14)15/h1,5-8,11H,4H2,2H3. The van der Waals surface area contributed by atoms with Crippen LogP contribution in [-0.2, 0) is 20.5 Å². The fraction of sp³-hybridized carbons (Fsp3) is 0.333. The van der Waals surface area contributed by atoms with E-state index in [1.54, 1.807) is 0 Å². The van der Waals surface area contributed by atoms with Crippen molar-refractivity contribution in [3.63, 3.8) is 0 Å². The lowest BCUT2D eigenvalue weighted by molar-refractivity contribution is -0.137. The molecule has 104 valence electrons. The molecular weight excluding hydrogens is 281 g/mol. The third-order valence-corrected chi connectivity index (χ3v) is 2.79. The first-order chi connectivity index (χ1) is 8.63. The molecule has 19 heavy (non-hydrogen) atoms. The molecule has 7 heteroatoms. The third-order valence-electron chi connectivity index (χ3n) is 2.20. The van der Waals surface area contributed by atoms with Gasteiger partial charge in [0.05, 0.1) is 11.8 Å². The summed E-state index contributed by atoms with van der Waals surface area (Å²) in [5, 5.41) is 0. The molecular formula is C12H11F3O3S. The maximum atomic E-state index is 12.4. The minimum absolute atomic E-state index is 0.0571. The molecule has 0 saturated carbocycles. The highest BCUT2D eigenvalue weighted by Gasteiger charge is 2.30. The van der Waals surface area contributed by atoms with Gasteiger partial charge in [-0.15, -0.1) is 12.3 Å². The normalized spacial score (nSPS) is 13.8. The van der Waals surface area contributed by atoms with Crippen molar-refractivity contribution in [3.05, 3.63) is 35.4 Å². The first-order valence-electron chi connectivity index (χ1n) is 5.12. The largest absolute Gasteiger partial charge is 0.416 e. The zero-order chi connectivity index (χ0) is 14.7. The van der Waals surface area contributed by atoms with Gasteiger partial charge < -0.3 is 0 Å². The molecule has 1 rings (SSSR count). The first-order valence-corrected chi connectivity index (χ1v) is 6.94. The van der Waals surface area contributed by atoms with Crippen LogP contribution in [0.15, 0.2) is 24.3 Å². The Hall–Kier alpha value is -1.52. The van der Waals surface area contributed by atoms with E-state index in [2.05, 4.69) is 5.92 Å². The van der Waals surface area contributed by atoms with E-state index in [1.165, 1.54) is 0 Å². The Kier molecular flexibility index (Phi) is 4.61. The SMILES string of the molecule is C#CCC(OS(C)(=O)=O)c1ccc(C(F)(F)F)cc1. The van der Waals surface area contributed by atoms with Gasteiger partial charge in [-0.05, 0) is 17.7 Å². The van der Waals surface area contributed by atoms with Gasteiger partial charge in [0.2, 0.25) is 0 Å². The summed E-state index contributed by atoms with van der Waals surface area (Å²) in [6.07, 6.45) is 0.440. The molecule has 0 radical (unpaired) electrons. The molecule has 0 N–H and O–H groups in total. The van der Waals surface area contributed by atoms with Gasteiger partial charge in [-0.25, -0.2) is 0 Å². The monoisotopic (exact) mass is 292 g/mol. The topological polar surface area (TPSA) is 43.4 Å². The smallest absolute Gasteiger partial charge is 0.261 e. The summed E-state index contributed by atoms with van der Waals surface area (Å²) in [5.74, 6) is 2.22. The van der Waals surface area contributed by atoms with Crippen molar-refractivity contribution >= 4 is 10.1 Å². The molecule has 0 saturated heterocycles. The lowest BCUT2D eigenvalue weighted by Crippen LogP contribution is -2.11. The molecule has 1 unspecified atom stereocenters. The number of hydrogen-bond donors (Lipinski definition) is 0. The van der Waals surface area contributed by atoms with Crippen LogP contribution in [-0.4, -0.2) is 14.7 Å². The molecule has 0 aliphatic carbocycles. The Bertz CT molecular complexity index is 568. The average molecular weight is 292 g/mol. The predicted octanol–water partition coefficient (Wildman–Crippen LogP) is 2.75. The number of rotatable bonds is 4. The molecule has 0 aliphatic rings. The molecule has 0 aliphatic heterocycles. The second kappa shape index (κ2) is 5.63. The molecule has 0 amide bonds. The summed E-state index contributed by atoms with van der Waals surface area (Å²) in [6, 6.07) is 4.00.